The van der Waals surface area contributed by atoms with Gasteiger partial charge in [-0.1, -0.05) is 35.9 Å². The smallest absolute Gasteiger partial charge is 0.268 e. The number of aromatic nitrogens is 1. The number of carbonyl (C=O) groups is 2. The first-order valence-electron chi connectivity index (χ1n) is 9.11. The third-order valence-electron chi connectivity index (χ3n) is 5.26. The van der Waals surface area contributed by atoms with Gasteiger partial charge in [-0.15, -0.1) is 11.3 Å². The van der Waals surface area contributed by atoms with E-state index >= 15 is 0 Å². The fourth-order valence-electron chi connectivity index (χ4n) is 3.89. The maximum Gasteiger partial charge on any atom is 0.268 e. The van der Waals surface area contributed by atoms with Crippen LogP contribution in [0.4, 0.5) is 0 Å². The summed E-state index contributed by atoms with van der Waals surface area (Å²) in [7, 11) is 1.57. The lowest BCUT2D eigenvalue weighted by molar-refractivity contribution is -0.143. The van der Waals surface area contributed by atoms with E-state index in [1.165, 1.54) is 16.2 Å². The molecule has 1 aliphatic rings. The second-order valence-electron chi connectivity index (χ2n) is 7.09. The van der Waals surface area contributed by atoms with Crippen LogP contribution in [0.1, 0.15) is 27.7 Å². The molecule has 3 aromatic rings. The van der Waals surface area contributed by atoms with Gasteiger partial charge in [0.15, 0.2) is 6.10 Å². The number of hydrogen-bond acceptors (Lipinski definition) is 5. The quantitative estimate of drug-likeness (QED) is 0.494. The van der Waals surface area contributed by atoms with Crippen molar-refractivity contribution in [2.75, 3.05) is 13.7 Å². The van der Waals surface area contributed by atoms with Crippen molar-refractivity contribution in [3.8, 4) is 0 Å². The fraction of sp³-hybridized carbons (Fsp3) is 0.300. The molecule has 7 nitrogen and oxygen atoms in total. The van der Waals surface area contributed by atoms with Gasteiger partial charge < -0.3 is 25.4 Å². The van der Waals surface area contributed by atoms with Gasteiger partial charge in [0, 0.05) is 12.4 Å². The van der Waals surface area contributed by atoms with Gasteiger partial charge in [-0.25, -0.2) is 0 Å². The Kier molecular flexibility index (Phi) is 5.35. The Balaban J connectivity index is 1.59. The number of benzene rings is 1. The third-order valence-corrected chi connectivity index (χ3v) is 6.45. The molecule has 2 heterocycles. The van der Waals surface area contributed by atoms with E-state index < -0.39 is 24.7 Å². The molecule has 2 amide bonds. The summed E-state index contributed by atoms with van der Waals surface area (Å²) in [5.41, 5.74) is 2.36. The molecular formula is C20H20ClN3O4S. The van der Waals surface area contributed by atoms with Crippen molar-refractivity contribution in [1.29, 1.82) is 0 Å². The first-order valence-corrected chi connectivity index (χ1v) is 10.3. The Morgan fingerprint density at radius 2 is 2.14 bits per heavy atom. The Morgan fingerprint density at radius 3 is 2.86 bits per heavy atom. The molecule has 0 fully saturated rings. The van der Waals surface area contributed by atoms with Crippen LogP contribution in [0.25, 0.3) is 10.2 Å². The summed E-state index contributed by atoms with van der Waals surface area (Å²) < 4.78 is 0.645. The van der Waals surface area contributed by atoms with Crippen LogP contribution < -0.4 is 5.32 Å². The molecular weight excluding hydrogens is 414 g/mol. The highest BCUT2D eigenvalue weighted by molar-refractivity contribution is 7.22. The van der Waals surface area contributed by atoms with Crippen LogP contribution in [-0.4, -0.2) is 57.7 Å². The molecule has 9 heteroatoms. The largest absolute Gasteiger partial charge is 0.393 e. The molecule has 0 radical (unpaired) electrons. The molecule has 4 rings (SSSR count). The summed E-state index contributed by atoms with van der Waals surface area (Å²) in [6, 6.07) is 10.4. The summed E-state index contributed by atoms with van der Waals surface area (Å²) in [6.45, 7) is -0.656. The number of nitrogens with one attached hydrogen (secondary N) is 2. The minimum Gasteiger partial charge on any atom is -0.393 e. The third kappa shape index (κ3) is 3.64. The van der Waals surface area contributed by atoms with Gasteiger partial charge in [0.05, 0.1) is 23.0 Å². The minimum atomic E-state index is -1.50. The summed E-state index contributed by atoms with van der Waals surface area (Å²) in [5, 5.41) is 22.8. The molecule has 1 aromatic carbocycles. The normalized spacial score (nSPS) is 19.2. The minimum absolute atomic E-state index is 0.282. The molecule has 0 saturated heterocycles. The van der Waals surface area contributed by atoms with Crippen molar-refractivity contribution in [2.45, 2.75) is 24.6 Å². The molecule has 152 valence electrons. The van der Waals surface area contributed by atoms with Crippen LogP contribution >= 0.6 is 22.9 Å². The fourth-order valence-corrected chi connectivity index (χ4v) is 5.02. The van der Waals surface area contributed by atoms with E-state index in [9.17, 15) is 14.7 Å². The highest BCUT2D eigenvalue weighted by atomic mass is 35.5. The number of H-pyrrole nitrogens is 1. The zero-order valence-electron chi connectivity index (χ0n) is 15.6. The van der Waals surface area contributed by atoms with E-state index in [-0.39, 0.29) is 11.9 Å². The molecule has 3 atom stereocenters. The highest BCUT2D eigenvalue weighted by Crippen LogP contribution is 2.36. The molecule has 29 heavy (non-hydrogen) atoms. The molecule has 1 aliphatic carbocycles. The van der Waals surface area contributed by atoms with Crippen molar-refractivity contribution in [2.24, 2.45) is 0 Å². The Labute approximate surface area is 175 Å². The predicted octanol–water partition coefficient (Wildman–Crippen LogP) is 2.09. The number of amides is 2. The van der Waals surface area contributed by atoms with E-state index in [1.54, 1.807) is 19.2 Å². The Hall–Kier alpha value is -2.39. The molecule has 0 aliphatic heterocycles. The molecule has 4 N–H and O–H groups in total. The highest BCUT2D eigenvalue weighted by Gasteiger charge is 2.39. The number of thiophene rings is 1. The van der Waals surface area contributed by atoms with Gasteiger partial charge in [-0.05, 0) is 29.7 Å². The summed E-state index contributed by atoms with van der Waals surface area (Å²) in [6.07, 6.45) is -0.940. The van der Waals surface area contributed by atoms with Gasteiger partial charge in [0.25, 0.3) is 11.8 Å². The maximum absolute atomic E-state index is 12.9. The lowest BCUT2D eigenvalue weighted by Crippen LogP contribution is -2.48. The average molecular weight is 434 g/mol. The van der Waals surface area contributed by atoms with Crippen LogP contribution in [0.3, 0.4) is 0 Å². The van der Waals surface area contributed by atoms with Crippen molar-refractivity contribution < 1.29 is 19.8 Å². The number of likely N-dealkylation sites (N-methyl/N-ethyl adjacent to an activating group) is 1. The van der Waals surface area contributed by atoms with E-state index in [0.29, 0.717) is 16.5 Å². The number of aromatic amines is 1. The van der Waals surface area contributed by atoms with Crippen LogP contribution in [0, 0.1) is 0 Å². The first-order chi connectivity index (χ1) is 13.9. The van der Waals surface area contributed by atoms with E-state index in [4.69, 9.17) is 16.7 Å². The summed E-state index contributed by atoms with van der Waals surface area (Å²) in [4.78, 5) is 30.6. The molecule has 2 aromatic heterocycles. The standard InChI is InChI=1S/C20H20ClN3O4S/c1-24(20(28)15(26)9-25)17-12-5-3-2-4-10(12)6-13(17)22-18(27)14-7-11-8-16(21)29-19(11)23-14/h2-5,7-8,13,15,17,23,25-26H,6,9H2,1H3,(H,22,27)/t13-,15?,17-/m1/s1. The van der Waals surface area contributed by atoms with Crippen LogP contribution in [0.5, 0.6) is 0 Å². The zero-order chi connectivity index (χ0) is 20.7. The number of hydrogen-bond donors (Lipinski definition) is 4. The van der Waals surface area contributed by atoms with Crippen molar-refractivity contribution in [3.05, 3.63) is 57.6 Å². The lowest BCUT2D eigenvalue weighted by Gasteiger charge is -2.32. The van der Waals surface area contributed by atoms with E-state index in [0.717, 1.165) is 21.3 Å². The van der Waals surface area contributed by atoms with Crippen LogP contribution in [-0.2, 0) is 11.2 Å². The van der Waals surface area contributed by atoms with Crippen LogP contribution in [0.15, 0.2) is 36.4 Å². The molecule has 0 spiro atoms. The monoisotopic (exact) mass is 433 g/mol. The van der Waals surface area contributed by atoms with Gasteiger partial charge in [0.1, 0.15) is 10.5 Å². The van der Waals surface area contributed by atoms with Gasteiger partial charge in [0.2, 0.25) is 0 Å². The molecule has 1 unspecified atom stereocenters. The number of nitrogens with zero attached hydrogens (tertiary/aromatic N) is 1. The number of aliphatic hydroxyl groups is 2. The Morgan fingerprint density at radius 1 is 1.38 bits per heavy atom. The van der Waals surface area contributed by atoms with Gasteiger partial charge in [-0.2, -0.15) is 0 Å². The van der Waals surface area contributed by atoms with Crippen molar-refractivity contribution >= 4 is 45.0 Å². The number of aliphatic hydroxyl groups excluding tert-OH is 2. The van der Waals surface area contributed by atoms with Gasteiger partial charge in [-0.3, -0.25) is 9.59 Å². The Bertz CT molecular complexity index is 1050. The zero-order valence-corrected chi connectivity index (χ0v) is 17.1. The summed E-state index contributed by atoms with van der Waals surface area (Å²) in [5.74, 6) is -0.876. The molecule has 0 bridgehead atoms. The molecule has 0 saturated carbocycles. The van der Waals surface area contributed by atoms with Crippen molar-refractivity contribution in [3.63, 3.8) is 0 Å². The average Bonchev–Trinajstić information content (AvgIpc) is 3.36. The van der Waals surface area contributed by atoms with E-state index in [1.807, 2.05) is 24.3 Å². The van der Waals surface area contributed by atoms with Crippen LogP contribution in [0.2, 0.25) is 4.34 Å². The lowest BCUT2D eigenvalue weighted by atomic mass is 10.0. The van der Waals surface area contributed by atoms with E-state index in [2.05, 4.69) is 10.3 Å². The second kappa shape index (κ2) is 7.79. The number of halogens is 1. The van der Waals surface area contributed by atoms with Gasteiger partial charge >= 0.3 is 0 Å². The first kappa shape index (κ1) is 19.9. The number of fused-ring (bicyclic) bond motifs is 2. The topological polar surface area (TPSA) is 106 Å². The number of carbonyl (C=O) groups excluding carboxylic acids is 2. The second-order valence-corrected chi connectivity index (χ2v) is 8.78. The summed E-state index contributed by atoms with van der Waals surface area (Å²) >= 11 is 7.35. The predicted molar refractivity (Wildman–Crippen MR) is 111 cm³/mol. The van der Waals surface area contributed by atoms with Crippen molar-refractivity contribution in [1.82, 2.24) is 15.2 Å². The number of rotatable bonds is 5. The SMILES string of the molecule is CN(C(=O)C(O)CO)[C@@H]1c2ccccc2C[C@H]1NC(=O)c1cc2cc(Cl)sc2[nH]1. The maximum atomic E-state index is 12.9.